The van der Waals surface area contributed by atoms with Crippen LogP contribution >= 0.6 is 23.3 Å². The fourth-order valence-electron chi connectivity index (χ4n) is 4.14. The molecule has 0 bridgehead atoms. The number of fused-ring (bicyclic) bond motifs is 1. The van der Waals surface area contributed by atoms with E-state index in [0.29, 0.717) is 4.88 Å². The Kier molecular flexibility index (Phi) is 7.23. The molecule has 1 N–H and O–H groups in total. The lowest BCUT2D eigenvalue weighted by Gasteiger charge is -2.22. The number of hydrogen-bond donors (Lipinski definition) is 1. The Labute approximate surface area is 219 Å². The Hall–Kier alpha value is -3.39. The second-order valence-corrected chi connectivity index (χ2v) is 11.1. The fraction of sp³-hybridized carbons (Fsp3) is 0.172. The van der Waals surface area contributed by atoms with Gasteiger partial charge in [0.25, 0.3) is 5.91 Å². The lowest BCUT2D eigenvalue weighted by atomic mass is 10.1. The van der Waals surface area contributed by atoms with Crippen LogP contribution in [0, 0.1) is 6.92 Å². The van der Waals surface area contributed by atoms with Crippen LogP contribution in [0.4, 0.5) is 0 Å². The van der Waals surface area contributed by atoms with E-state index in [-0.39, 0.29) is 11.9 Å². The van der Waals surface area contributed by atoms with E-state index in [0.717, 1.165) is 38.5 Å². The molecule has 5 aromatic rings. The molecule has 1 amide bonds. The maximum absolute atomic E-state index is 13.2. The Balaban J connectivity index is 1.38. The van der Waals surface area contributed by atoms with Gasteiger partial charge in [-0.1, -0.05) is 48.0 Å². The maximum Gasteiger partial charge on any atom is 0.261 e. The van der Waals surface area contributed by atoms with E-state index in [2.05, 4.69) is 74.8 Å². The van der Waals surface area contributed by atoms with Crippen molar-refractivity contribution in [2.75, 3.05) is 20.6 Å². The summed E-state index contributed by atoms with van der Waals surface area (Å²) in [5.41, 5.74) is 4.33. The van der Waals surface area contributed by atoms with Crippen molar-refractivity contribution < 1.29 is 4.79 Å². The van der Waals surface area contributed by atoms with Crippen molar-refractivity contribution in [3.63, 3.8) is 0 Å². The number of nitrogens with one attached hydrogen (secondary N) is 1. The van der Waals surface area contributed by atoms with E-state index in [1.807, 2.05) is 56.7 Å². The van der Waals surface area contributed by atoms with Gasteiger partial charge in [-0.2, -0.15) is 0 Å². The normalized spacial score (nSPS) is 12.2. The number of aromatic nitrogens is 2. The summed E-state index contributed by atoms with van der Waals surface area (Å²) in [6.07, 6.45) is 3.89. The summed E-state index contributed by atoms with van der Waals surface area (Å²) in [5, 5.41) is 4.30. The number of rotatable bonds is 8. The van der Waals surface area contributed by atoms with E-state index in [9.17, 15) is 4.79 Å². The molecule has 7 heteroatoms. The summed E-state index contributed by atoms with van der Waals surface area (Å²) in [6, 6.07) is 26.6. The van der Waals surface area contributed by atoms with Crippen molar-refractivity contribution >= 4 is 40.2 Å². The third kappa shape index (κ3) is 5.38. The van der Waals surface area contributed by atoms with Gasteiger partial charge in [-0.25, -0.2) is 4.98 Å². The topological polar surface area (TPSA) is 50.2 Å². The molecule has 0 spiro atoms. The van der Waals surface area contributed by atoms with Crippen molar-refractivity contribution in [1.29, 1.82) is 0 Å². The van der Waals surface area contributed by atoms with Crippen LogP contribution in [-0.4, -0.2) is 40.4 Å². The van der Waals surface area contributed by atoms with Crippen molar-refractivity contribution in [2.45, 2.75) is 17.9 Å². The van der Waals surface area contributed by atoms with Crippen LogP contribution in [0.25, 0.3) is 21.5 Å². The van der Waals surface area contributed by atoms with Crippen LogP contribution in [0.2, 0.25) is 0 Å². The van der Waals surface area contributed by atoms with Gasteiger partial charge in [0.15, 0.2) is 5.65 Å². The average Bonchev–Trinajstić information content (AvgIpc) is 3.53. The number of benzene rings is 2. The number of carbonyl (C=O) groups is 1. The lowest BCUT2D eigenvalue weighted by Crippen LogP contribution is -2.34. The molecule has 0 saturated carbocycles. The first kappa shape index (κ1) is 24.3. The minimum absolute atomic E-state index is 0.0558. The Morgan fingerprint density at radius 1 is 1.03 bits per heavy atom. The molecule has 182 valence electrons. The molecule has 0 aliphatic carbocycles. The molecular formula is C29H28N4OS2. The molecule has 3 aromatic heterocycles. The zero-order chi connectivity index (χ0) is 25.1. The van der Waals surface area contributed by atoms with Gasteiger partial charge >= 0.3 is 0 Å². The third-order valence-electron chi connectivity index (χ3n) is 5.93. The van der Waals surface area contributed by atoms with Crippen LogP contribution in [0.3, 0.4) is 0 Å². The highest BCUT2D eigenvalue weighted by molar-refractivity contribution is 7.98. The van der Waals surface area contributed by atoms with Crippen molar-refractivity contribution in [3.05, 3.63) is 107 Å². The zero-order valence-electron chi connectivity index (χ0n) is 20.5. The van der Waals surface area contributed by atoms with Crippen LogP contribution in [-0.2, 0) is 0 Å². The number of hydrogen-bond acceptors (Lipinski definition) is 5. The molecular weight excluding hydrogens is 484 g/mol. The predicted molar refractivity (Wildman–Crippen MR) is 151 cm³/mol. The van der Waals surface area contributed by atoms with E-state index in [1.165, 1.54) is 16.9 Å². The average molecular weight is 513 g/mol. The van der Waals surface area contributed by atoms with Crippen LogP contribution < -0.4 is 5.32 Å². The second kappa shape index (κ2) is 10.7. The first-order valence-electron chi connectivity index (χ1n) is 11.8. The maximum atomic E-state index is 13.2. The summed E-state index contributed by atoms with van der Waals surface area (Å²) in [4.78, 5) is 22.9. The summed E-state index contributed by atoms with van der Waals surface area (Å²) >= 11 is 3.16. The van der Waals surface area contributed by atoms with Crippen LogP contribution in [0.15, 0.2) is 96.2 Å². The highest BCUT2D eigenvalue weighted by atomic mass is 32.2. The molecule has 1 unspecified atom stereocenters. The van der Waals surface area contributed by atoms with Crippen molar-refractivity contribution in [2.24, 2.45) is 0 Å². The minimum Gasteiger partial charge on any atom is -0.343 e. The number of thiophene rings is 1. The number of aryl methyl sites for hydroxylation is 1. The Morgan fingerprint density at radius 3 is 2.56 bits per heavy atom. The van der Waals surface area contributed by atoms with Gasteiger partial charge < -0.3 is 10.2 Å². The van der Waals surface area contributed by atoms with Gasteiger partial charge in [-0.3, -0.25) is 8.77 Å². The Bertz CT molecular complexity index is 1470. The number of amides is 1. The summed E-state index contributed by atoms with van der Waals surface area (Å²) in [6.45, 7) is 2.82. The molecule has 2 aromatic carbocycles. The fourth-order valence-corrected chi connectivity index (χ4v) is 5.92. The van der Waals surface area contributed by atoms with E-state index in [4.69, 9.17) is 0 Å². The van der Waals surface area contributed by atoms with Crippen LogP contribution in [0.5, 0.6) is 0 Å². The number of likely N-dealkylation sites (N-methyl/N-ethyl adjacent to an activating group) is 1. The number of nitrogens with zero attached hydrogens (tertiary/aromatic N) is 3. The molecule has 5 nitrogen and oxygen atoms in total. The van der Waals surface area contributed by atoms with Gasteiger partial charge in [-0.05, 0) is 74.9 Å². The van der Waals surface area contributed by atoms with Gasteiger partial charge in [0, 0.05) is 39.7 Å². The lowest BCUT2D eigenvalue weighted by molar-refractivity contribution is 0.0934. The van der Waals surface area contributed by atoms with Crippen molar-refractivity contribution in [3.8, 4) is 10.4 Å². The standard InChI is InChI=1S/C29H28N4OS2/c1-20-9-11-22(12-10-20)36-33-18-16-24-23(15-17-30-28(24)33)26-13-14-27(35-26)29(34)31-25(19-32(2)3)21-7-5-4-6-8-21/h4-18,25H,19H2,1-3H3,(H,31,34). The quantitative estimate of drug-likeness (QED) is 0.253. The van der Waals surface area contributed by atoms with Crippen LogP contribution in [0.1, 0.15) is 26.8 Å². The monoisotopic (exact) mass is 512 g/mol. The summed E-state index contributed by atoms with van der Waals surface area (Å²) in [7, 11) is 4.03. The van der Waals surface area contributed by atoms with Gasteiger partial charge in [0.2, 0.25) is 0 Å². The minimum atomic E-state index is -0.0836. The molecule has 36 heavy (non-hydrogen) atoms. The first-order valence-corrected chi connectivity index (χ1v) is 13.4. The third-order valence-corrected chi connectivity index (χ3v) is 8.02. The number of carbonyl (C=O) groups excluding carboxylic acids is 1. The molecule has 3 heterocycles. The van der Waals surface area contributed by atoms with Gasteiger partial charge in [-0.15, -0.1) is 11.3 Å². The number of pyridine rings is 1. The molecule has 0 aliphatic heterocycles. The zero-order valence-corrected chi connectivity index (χ0v) is 22.1. The molecule has 1 atom stereocenters. The highest BCUT2D eigenvalue weighted by Gasteiger charge is 2.19. The largest absolute Gasteiger partial charge is 0.343 e. The van der Waals surface area contributed by atoms with E-state index < -0.39 is 0 Å². The van der Waals surface area contributed by atoms with Gasteiger partial charge in [0.05, 0.1) is 10.9 Å². The first-order chi connectivity index (χ1) is 17.5. The smallest absolute Gasteiger partial charge is 0.261 e. The van der Waals surface area contributed by atoms with Crippen molar-refractivity contribution in [1.82, 2.24) is 19.2 Å². The SMILES string of the molecule is Cc1ccc(Sn2ccc3c(-c4ccc(C(=O)NC(CN(C)C)c5ccccc5)s4)ccnc32)cc1. The Morgan fingerprint density at radius 2 is 1.81 bits per heavy atom. The predicted octanol–water partition coefficient (Wildman–Crippen LogP) is 6.66. The van der Waals surface area contributed by atoms with E-state index in [1.54, 1.807) is 11.9 Å². The summed E-state index contributed by atoms with van der Waals surface area (Å²) in [5.74, 6) is -0.0558. The van der Waals surface area contributed by atoms with Gasteiger partial charge in [0.1, 0.15) is 0 Å². The second-order valence-electron chi connectivity index (χ2n) is 9.00. The molecule has 0 fully saturated rings. The molecule has 0 aliphatic rings. The van der Waals surface area contributed by atoms with E-state index >= 15 is 0 Å². The molecule has 5 rings (SSSR count). The summed E-state index contributed by atoms with van der Waals surface area (Å²) < 4.78 is 2.09. The molecule has 0 saturated heterocycles. The highest BCUT2D eigenvalue weighted by Crippen LogP contribution is 2.35. The molecule has 0 radical (unpaired) electrons.